The average molecular weight is 424 g/mol. The Morgan fingerprint density at radius 1 is 1.10 bits per heavy atom. The lowest BCUT2D eigenvalue weighted by molar-refractivity contribution is 0.102. The molecule has 1 amide bonds. The molecule has 0 aliphatic heterocycles. The molecule has 2 heterocycles. The van der Waals surface area contributed by atoms with Crippen molar-refractivity contribution in [2.45, 2.75) is 6.54 Å². The maximum absolute atomic E-state index is 12.8. The first-order chi connectivity index (χ1) is 14.5. The summed E-state index contributed by atoms with van der Waals surface area (Å²) in [6.45, 7) is -0.0599. The van der Waals surface area contributed by atoms with Crippen LogP contribution in [0.1, 0.15) is 15.9 Å². The predicted octanol–water partition coefficient (Wildman–Crippen LogP) is 1.47. The Bertz CT molecular complexity index is 1310. The lowest BCUT2D eigenvalue weighted by Gasteiger charge is -2.09. The molecule has 2 aromatic carbocycles. The van der Waals surface area contributed by atoms with Crippen LogP contribution in [0.5, 0.6) is 0 Å². The predicted molar refractivity (Wildman–Crippen MR) is 109 cm³/mol. The molecular formula is C19H14ClN7O3. The third-order valence-electron chi connectivity index (χ3n) is 4.33. The third-order valence-corrected chi connectivity index (χ3v) is 4.70. The number of anilines is 1. The van der Waals surface area contributed by atoms with E-state index >= 15 is 0 Å². The zero-order valence-electron chi connectivity index (χ0n) is 15.3. The first-order valence-electron chi connectivity index (χ1n) is 8.73. The van der Waals surface area contributed by atoms with E-state index in [-0.39, 0.29) is 12.1 Å². The number of H-pyrrole nitrogens is 1. The fraction of sp³-hybridized carbons (Fsp3) is 0.0526. The highest BCUT2D eigenvalue weighted by atomic mass is 35.5. The summed E-state index contributed by atoms with van der Waals surface area (Å²) in [6.07, 6.45) is 2.54. The van der Waals surface area contributed by atoms with Gasteiger partial charge in [-0.2, -0.15) is 0 Å². The summed E-state index contributed by atoms with van der Waals surface area (Å²) < 4.78 is 2.39. The van der Waals surface area contributed by atoms with Crippen LogP contribution >= 0.6 is 11.6 Å². The molecule has 30 heavy (non-hydrogen) atoms. The maximum Gasteiger partial charge on any atom is 0.328 e. The van der Waals surface area contributed by atoms with Crippen molar-refractivity contribution in [1.82, 2.24) is 29.8 Å². The van der Waals surface area contributed by atoms with E-state index in [2.05, 4.69) is 25.8 Å². The molecule has 0 atom stereocenters. The minimum absolute atomic E-state index is 0.0599. The molecule has 0 aliphatic rings. The fourth-order valence-electron chi connectivity index (χ4n) is 2.79. The Kier molecular flexibility index (Phi) is 5.22. The van der Waals surface area contributed by atoms with Gasteiger partial charge in [0.15, 0.2) is 0 Å². The van der Waals surface area contributed by atoms with Crippen LogP contribution in [0.3, 0.4) is 0 Å². The van der Waals surface area contributed by atoms with Gasteiger partial charge in [-0.3, -0.25) is 14.2 Å². The molecule has 4 aromatic rings. The maximum atomic E-state index is 12.8. The molecule has 0 aliphatic carbocycles. The van der Waals surface area contributed by atoms with Crippen molar-refractivity contribution in [2.75, 3.05) is 5.32 Å². The Hall–Kier alpha value is -4.05. The van der Waals surface area contributed by atoms with Gasteiger partial charge in [0, 0.05) is 16.9 Å². The van der Waals surface area contributed by atoms with Crippen LogP contribution in [-0.2, 0) is 6.54 Å². The number of benzene rings is 2. The van der Waals surface area contributed by atoms with Crippen LogP contribution in [0.2, 0.25) is 5.02 Å². The quantitative estimate of drug-likeness (QED) is 0.500. The van der Waals surface area contributed by atoms with E-state index in [4.69, 9.17) is 11.6 Å². The van der Waals surface area contributed by atoms with Gasteiger partial charge in [-0.05, 0) is 46.3 Å². The number of carbonyl (C=O) groups excluding carboxylic acids is 1. The number of amides is 1. The van der Waals surface area contributed by atoms with Gasteiger partial charge >= 0.3 is 5.69 Å². The highest BCUT2D eigenvalue weighted by Crippen LogP contribution is 2.15. The van der Waals surface area contributed by atoms with E-state index in [1.165, 1.54) is 11.0 Å². The second kappa shape index (κ2) is 8.13. The summed E-state index contributed by atoms with van der Waals surface area (Å²) in [4.78, 5) is 40.0. The SMILES string of the molecule is O=C(Nc1ccc(-n2cnnn2)cc1)c1c[nH]c(=O)n(Cc2ccccc2Cl)c1=O. The Morgan fingerprint density at radius 2 is 1.87 bits per heavy atom. The zero-order valence-corrected chi connectivity index (χ0v) is 16.1. The minimum Gasteiger partial charge on any atom is -0.322 e. The first-order valence-corrected chi connectivity index (χ1v) is 9.11. The van der Waals surface area contributed by atoms with E-state index in [1.807, 2.05) is 0 Å². The molecule has 0 saturated heterocycles. The molecular weight excluding hydrogens is 410 g/mol. The summed E-state index contributed by atoms with van der Waals surface area (Å²) >= 11 is 6.12. The van der Waals surface area contributed by atoms with Gasteiger partial charge in [-0.15, -0.1) is 5.10 Å². The van der Waals surface area contributed by atoms with E-state index in [1.54, 1.807) is 48.5 Å². The van der Waals surface area contributed by atoms with Crippen LogP contribution in [-0.4, -0.2) is 35.7 Å². The monoisotopic (exact) mass is 423 g/mol. The molecule has 0 radical (unpaired) electrons. The topological polar surface area (TPSA) is 128 Å². The van der Waals surface area contributed by atoms with Crippen molar-refractivity contribution < 1.29 is 4.79 Å². The van der Waals surface area contributed by atoms with Crippen molar-refractivity contribution in [1.29, 1.82) is 0 Å². The summed E-state index contributed by atoms with van der Waals surface area (Å²) in [7, 11) is 0. The van der Waals surface area contributed by atoms with E-state index < -0.39 is 17.2 Å². The summed E-state index contributed by atoms with van der Waals surface area (Å²) in [5, 5.41) is 13.9. The van der Waals surface area contributed by atoms with Gasteiger partial charge in [0.2, 0.25) is 0 Å². The first kappa shape index (κ1) is 19.3. The number of rotatable bonds is 5. The largest absolute Gasteiger partial charge is 0.328 e. The summed E-state index contributed by atoms with van der Waals surface area (Å²) in [6, 6.07) is 13.5. The molecule has 10 nitrogen and oxygen atoms in total. The molecule has 0 unspecified atom stereocenters. The normalized spacial score (nSPS) is 10.7. The molecule has 0 fully saturated rings. The van der Waals surface area contributed by atoms with Crippen molar-refractivity contribution in [3.63, 3.8) is 0 Å². The van der Waals surface area contributed by atoms with Gasteiger partial charge in [0.25, 0.3) is 11.5 Å². The number of nitrogens with one attached hydrogen (secondary N) is 2. The van der Waals surface area contributed by atoms with Gasteiger partial charge < -0.3 is 10.3 Å². The number of aromatic amines is 1. The highest BCUT2D eigenvalue weighted by Gasteiger charge is 2.16. The number of aromatic nitrogens is 6. The van der Waals surface area contributed by atoms with Gasteiger partial charge in [0.1, 0.15) is 11.9 Å². The molecule has 11 heteroatoms. The molecule has 150 valence electrons. The molecule has 4 rings (SSSR count). The highest BCUT2D eigenvalue weighted by molar-refractivity contribution is 6.31. The van der Waals surface area contributed by atoms with Gasteiger partial charge in [0.05, 0.1) is 12.2 Å². The van der Waals surface area contributed by atoms with E-state index in [0.717, 1.165) is 10.8 Å². The smallest absolute Gasteiger partial charge is 0.322 e. The fourth-order valence-corrected chi connectivity index (χ4v) is 2.99. The van der Waals surface area contributed by atoms with Crippen molar-refractivity contribution in [3.8, 4) is 5.69 Å². The lowest BCUT2D eigenvalue weighted by Crippen LogP contribution is -2.39. The number of hydrogen-bond donors (Lipinski definition) is 2. The van der Waals surface area contributed by atoms with Crippen LogP contribution in [0.4, 0.5) is 5.69 Å². The molecule has 2 N–H and O–H groups in total. The standard InChI is InChI=1S/C19H14ClN7O3/c20-16-4-2-1-3-12(16)10-26-18(29)15(9-21-19(26)30)17(28)23-13-5-7-14(8-6-13)27-11-22-24-25-27/h1-9,11H,10H2,(H,21,30)(H,23,28). The number of halogens is 1. The number of nitrogens with zero attached hydrogens (tertiary/aromatic N) is 5. The van der Waals surface area contributed by atoms with E-state index in [0.29, 0.717) is 22.0 Å². The molecule has 2 aromatic heterocycles. The minimum atomic E-state index is -0.721. The van der Waals surface area contributed by atoms with Crippen molar-refractivity contribution in [3.05, 3.63) is 98.0 Å². The van der Waals surface area contributed by atoms with E-state index in [9.17, 15) is 14.4 Å². The van der Waals surface area contributed by atoms with Gasteiger partial charge in [-0.25, -0.2) is 9.48 Å². The average Bonchev–Trinajstić information content (AvgIpc) is 3.28. The van der Waals surface area contributed by atoms with Crippen LogP contribution in [0.15, 0.2) is 70.6 Å². The zero-order chi connectivity index (χ0) is 21.1. The Balaban J connectivity index is 1.58. The van der Waals surface area contributed by atoms with Gasteiger partial charge in [-0.1, -0.05) is 29.8 Å². The Morgan fingerprint density at radius 3 is 2.57 bits per heavy atom. The van der Waals surface area contributed by atoms with Crippen molar-refractivity contribution >= 4 is 23.2 Å². The van der Waals surface area contributed by atoms with Crippen LogP contribution in [0.25, 0.3) is 5.69 Å². The second-order valence-electron chi connectivity index (χ2n) is 6.25. The second-order valence-corrected chi connectivity index (χ2v) is 6.65. The number of carbonyl (C=O) groups is 1. The molecule has 0 bridgehead atoms. The Labute approximate surface area is 173 Å². The summed E-state index contributed by atoms with van der Waals surface area (Å²) in [5.41, 5.74) is 0.182. The number of tetrazole rings is 1. The molecule has 0 saturated carbocycles. The summed E-state index contributed by atoms with van der Waals surface area (Å²) in [5.74, 6) is -0.653. The molecule has 0 spiro atoms. The van der Waals surface area contributed by atoms with Crippen LogP contribution in [0, 0.1) is 0 Å². The van der Waals surface area contributed by atoms with Crippen LogP contribution < -0.4 is 16.6 Å². The van der Waals surface area contributed by atoms with Crippen molar-refractivity contribution in [2.24, 2.45) is 0 Å². The number of hydrogen-bond acceptors (Lipinski definition) is 6. The third kappa shape index (κ3) is 3.89. The lowest BCUT2D eigenvalue weighted by atomic mass is 10.2.